The Labute approximate surface area is 175 Å². The van der Waals surface area contributed by atoms with E-state index in [1.807, 2.05) is 43.6 Å². The number of benzene rings is 1. The van der Waals surface area contributed by atoms with Crippen LogP contribution in [0.5, 0.6) is 17.4 Å². The molecule has 0 atom stereocenters. The van der Waals surface area contributed by atoms with Crippen LogP contribution in [0.25, 0.3) is 16.4 Å². The average molecular weight is 406 g/mol. The zero-order valence-corrected chi connectivity index (χ0v) is 17.3. The summed E-state index contributed by atoms with van der Waals surface area (Å²) >= 11 is 0. The van der Waals surface area contributed by atoms with Gasteiger partial charge in [-0.05, 0) is 63.5 Å². The lowest BCUT2D eigenvalue weighted by Crippen LogP contribution is -2.31. The van der Waals surface area contributed by atoms with E-state index in [2.05, 4.69) is 20.0 Å². The minimum absolute atomic E-state index is 0.528. The molecule has 0 aliphatic carbocycles. The number of piperidine rings is 1. The number of ether oxygens (including phenoxy) is 2. The Morgan fingerprint density at radius 3 is 2.93 bits per heavy atom. The number of hydrogen-bond donors (Lipinski definition) is 1. The Hall–Kier alpha value is -3.06. The molecule has 5 rings (SSSR count). The average Bonchev–Trinajstić information content (AvgIpc) is 3.36. The first-order chi connectivity index (χ1) is 14.8. The van der Waals surface area contributed by atoms with Crippen molar-refractivity contribution in [2.75, 3.05) is 26.2 Å². The highest BCUT2D eigenvalue weighted by atomic mass is 16.5. The molecule has 4 aromatic rings. The number of fused-ring (bicyclic) bond motifs is 2. The van der Waals surface area contributed by atoms with E-state index >= 15 is 0 Å². The zero-order chi connectivity index (χ0) is 20.3. The molecule has 0 saturated carbocycles. The van der Waals surface area contributed by atoms with Crippen molar-refractivity contribution in [3.05, 3.63) is 48.5 Å². The number of H-pyrrole nitrogens is 1. The van der Waals surface area contributed by atoms with E-state index in [1.165, 1.54) is 38.7 Å². The molecular formula is C23H27N5O2. The molecule has 0 radical (unpaired) electrons. The number of nitrogens with one attached hydrogen (secondary N) is 1. The number of likely N-dealkylation sites (tertiary alicyclic amines) is 1. The molecule has 7 nitrogen and oxygen atoms in total. The Morgan fingerprint density at radius 2 is 2.03 bits per heavy atom. The molecule has 0 bridgehead atoms. The van der Waals surface area contributed by atoms with Crippen LogP contribution in [0.3, 0.4) is 0 Å². The fourth-order valence-electron chi connectivity index (χ4n) is 4.19. The Balaban J connectivity index is 1.30. The Bertz CT molecular complexity index is 1140. The highest BCUT2D eigenvalue weighted by Gasteiger charge is 2.16. The summed E-state index contributed by atoms with van der Waals surface area (Å²) in [6.07, 6.45) is 10.4. The van der Waals surface area contributed by atoms with Crippen LogP contribution >= 0.6 is 0 Å². The molecule has 1 aromatic carbocycles. The molecule has 1 aliphatic heterocycles. The fraction of sp³-hybridized carbons (Fsp3) is 0.391. The third kappa shape index (κ3) is 3.85. The van der Waals surface area contributed by atoms with Gasteiger partial charge in [-0.2, -0.15) is 10.1 Å². The minimum atomic E-state index is 0.528. The first-order valence-electron chi connectivity index (χ1n) is 10.7. The lowest BCUT2D eigenvalue weighted by molar-refractivity contribution is 0.204. The van der Waals surface area contributed by atoms with E-state index in [0.29, 0.717) is 12.5 Å². The number of aromatic nitrogens is 4. The molecule has 30 heavy (non-hydrogen) atoms. The monoisotopic (exact) mass is 405 g/mol. The Morgan fingerprint density at radius 1 is 1.13 bits per heavy atom. The lowest BCUT2D eigenvalue weighted by Gasteiger charge is -2.26. The number of aryl methyl sites for hydroxylation is 1. The van der Waals surface area contributed by atoms with Crippen LogP contribution in [0.1, 0.15) is 31.2 Å². The summed E-state index contributed by atoms with van der Waals surface area (Å²) in [5.41, 5.74) is 2.90. The maximum atomic E-state index is 6.12. The molecule has 4 heterocycles. The topological polar surface area (TPSA) is 67.7 Å². The molecule has 0 spiro atoms. The summed E-state index contributed by atoms with van der Waals surface area (Å²) in [6.45, 7) is 6.27. The number of nitrogens with zero attached hydrogens (tertiary/aromatic N) is 4. The van der Waals surface area contributed by atoms with Gasteiger partial charge in [0.05, 0.1) is 12.8 Å². The summed E-state index contributed by atoms with van der Waals surface area (Å²) in [7, 11) is 0. The third-order valence-corrected chi connectivity index (χ3v) is 5.81. The predicted molar refractivity (Wildman–Crippen MR) is 116 cm³/mol. The van der Waals surface area contributed by atoms with Gasteiger partial charge in [0.15, 0.2) is 0 Å². The van der Waals surface area contributed by atoms with Crippen molar-refractivity contribution in [3.63, 3.8) is 0 Å². The van der Waals surface area contributed by atoms with Crippen molar-refractivity contribution in [1.82, 2.24) is 24.5 Å². The molecule has 156 valence electrons. The van der Waals surface area contributed by atoms with Gasteiger partial charge in [0.2, 0.25) is 5.88 Å². The van der Waals surface area contributed by atoms with E-state index in [-0.39, 0.29) is 0 Å². The maximum Gasteiger partial charge on any atom is 0.247 e. The van der Waals surface area contributed by atoms with Crippen molar-refractivity contribution in [1.29, 1.82) is 0 Å². The molecule has 7 heteroatoms. The highest BCUT2D eigenvalue weighted by molar-refractivity contribution is 5.81. The predicted octanol–water partition coefficient (Wildman–Crippen LogP) is 4.57. The second-order valence-electron chi connectivity index (χ2n) is 7.91. The minimum Gasteiger partial charge on any atom is -0.492 e. The molecule has 1 aliphatic rings. The highest BCUT2D eigenvalue weighted by Crippen LogP contribution is 2.32. The van der Waals surface area contributed by atoms with Crippen LogP contribution in [0.4, 0.5) is 0 Å². The van der Waals surface area contributed by atoms with Gasteiger partial charge in [-0.3, -0.25) is 0 Å². The molecule has 3 aromatic heterocycles. The van der Waals surface area contributed by atoms with Crippen LogP contribution in [0.2, 0.25) is 0 Å². The molecule has 1 fully saturated rings. The quantitative estimate of drug-likeness (QED) is 0.456. The SMILES string of the molecule is Cc1c(OCCCN2CCCCC2)cn2ncnc(Oc3ccc4[nH]ccc4c3)c12. The maximum absolute atomic E-state index is 6.12. The van der Waals surface area contributed by atoms with Crippen molar-refractivity contribution < 1.29 is 9.47 Å². The molecule has 1 N–H and O–H groups in total. The van der Waals surface area contributed by atoms with E-state index in [4.69, 9.17) is 9.47 Å². The van der Waals surface area contributed by atoms with Crippen LogP contribution in [-0.2, 0) is 0 Å². The van der Waals surface area contributed by atoms with Gasteiger partial charge in [-0.15, -0.1) is 0 Å². The van der Waals surface area contributed by atoms with Crippen molar-refractivity contribution in [2.24, 2.45) is 0 Å². The van der Waals surface area contributed by atoms with Crippen LogP contribution in [0.15, 0.2) is 43.0 Å². The third-order valence-electron chi connectivity index (χ3n) is 5.81. The van der Waals surface area contributed by atoms with Crippen molar-refractivity contribution in [3.8, 4) is 17.4 Å². The van der Waals surface area contributed by atoms with Gasteiger partial charge in [-0.25, -0.2) is 4.52 Å². The summed E-state index contributed by atoms with van der Waals surface area (Å²) in [4.78, 5) is 10.1. The molecule has 0 unspecified atom stereocenters. The second-order valence-corrected chi connectivity index (χ2v) is 7.91. The summed E-state index contributed by atoms with van der Waals surface area (Å²) in [5, 5.41) is 5.44. The van der Waals surface area contributed by atoms with Crippen molar-refractivity contribution in [2.45, 2.75) is 32.6 Å². The lowest BCUT2D eigenvalue weighted by atomic mass is 10.1. The van der Waals surface area contributed by atoms with E-state index in [0.717, 1.165) is 46.4 Å². The number of rotatable bonds is 7. The van der Waals surface area contributed by atoms with E-state index in [9.17, 15) is 0 Å². The van der Waals surface area contributed by atoms with Gasteiger partial charge >= 0.3 is 0 Å². The summed E-state index contributed by atoms with van der Waals surface area (Å²) in [5.74, 6) is 2.10. The molecular weight excluding hydrogens is 378 g/mol. The number of aromatic amines is 1. The molecule has 1 saturated heterocycles. The van der Waals surface area contributed by atoms with Crippen molar-refractivity contribution >= 4 is 16.4 Å². The second kappa shape index (κ2) is 8.36. The largest absolute Gasteiger partial charge is 0.492 e. The smallest absolute Gasteiger partial charge is 0.247 e. The Kier molecular flexibility index (Phi) is 5.27. The van der Waals surface area contributed by atoms with Crippen LogP contribution in [-0.4, -0.2) is 50.7 Å². The summed E-state index contributed by atoms with van der Waals surface area (Å²) < 4.78 is 14.0. The zero-order valence-electron chi connectivity index (χ0n) is 17.3. The summed E-state index contributed by atoms with van der Waals surface area (Å²) in [6, 6.07) is 7.97. The van der Waals surface area contributed by atoms with E-state index < -0.39 is 0 Å². The molecule has 0 amide bonds. The van der Waals surface area contributed by atoms with E-state index in [1.54, 1.807) is 4.52 Å². The standard InChI is InChI=1S/C23H27N5O2/c1-17-21(29-13-5-12-27-10-3-2-4-11-27)15-28-22(17)23(25-16-26-28)30-19-6-7-20-18(14-19)8-9-24-20/h6-9,14-16,24H,2-5,10-13H2,1H3. The van der Waals surface area contributed by atoms with Crippen LogP contribution < -0.4 is 9.47 Å². The van der Waals surface area contributed by atoms with Gasteiger partial charge in [0.25, 0.3) is 0 Å². The first-order valence-corrected chi connectivity index (χ1v) is 10.7. The van der Waals surface area contributed by atoms with Gasteiger partial charge in [0.1, 0.15) is 23.3 Å². The van der Waals surface area contributed by atoms with Gasteiger partial charge < -0.3 is 19.4 Å². The van der Waals surface area contributed by atoms with Gasteiger partial charge in [0, 0.05) is 29.2 Å². The fourth-order valence-corrected chi connectivity index (χ4v) is 4.19. The number of hydrogen-bond acceptors (Lipinski definition) is 5. The normalized spacial score (nSPS) is 15.1. The van der Waals surface area contributed by atoms with Crippen LogP contribution in [0, 0.1) is 6.92 Å². The first kappa shape index (κ1) is 18.9. The van der Waals surface area contributed by atoms with Gasteiger partial charge in [-0.1, -0.05) is 6.42 Å².